The number of hydrogen-bond acceptors (Lipinski definition) is 15. The highest BCUT2D eigenvalue weighted by atomic mass is 16.6. The van der Waals surface area contributed by atoms with Crippen molar-refractivity contribution in [3.63, 3.8) is 0 Å². The van der Waals surface area contributed by atoms with Gasteiger partial charge < -0.3 is 43.4 Å². The van der Waals surface area contributed by atoms with Gasteiger partial charge in [0.1, 0.15) is 24.4 Å². The number of hydrogen-bond donors (Lipinski definition) is 2. The molecule has 1 saturated heterocycles. The smallest absolute Gasteiger partial charge is 0.325 e. The molecule has 2 unspecified atom stereocenters. The summed E-state index contributed by atoms with van der Waals surface area (Å²) in [6, 6.07) is 5.93. The van der Waals surface area contributed by atoms with Crippen LogP contribution < -0.4 is 4.74 Å². The van der Waals surface area contributed by atoms with Gasteiger partial charge >= 0.3 is 23.9 Å². The molecule has 1 fully saturated rings. The Balaban J connectivity index is 2.20. The molecule has 308 valence electrons. The van der Waals surface area contributed by atoms with Gasteiger partial charge in [0.25, 0.3) is 0 Å². The molecule has 1 heterocycles. The Morgan fingerprint density at radius 1 is 0.611 bits per heavy atom. The van der Waals surface area contributed by atoms with Crippen LogP contribution in [0, 0.1) is 0 Å². The third kappa shape index (κ3) is 19.3. The average molecular weight is 771 g/mol. The molecular weight excluding hydrogens is 708 g/mol. The summed E-state index contributed by atoms with van der Waals surface area (Å²) in [4.78, 5) is 57.6. The number of methoxy groups -OCH3 is 1. The number of nitrogens with zero attached hydrogens (tertiary/aromatic N) is 4. The zero-order chi connectivity index (χ0) is 39.6. The van der Waals surface area contributed by atoms with Crippen LogP contribution in [0.25, 0.3) is 0 Å². The standard InChI is InChI=1S/C37H62N4O13/c1-5-49-20-21-50-22-23-51-24-25-54-31-10-8-30(9-11-31)26-32(36(46)52-6-2)40-16-12-38(27-34(42)43)14-18-41(33(29-48-4)37(47)53-7-3)19-15-39(13-17-40)28-35(44)45/h8-11,32-33H,5-7,12-29H2,1-4H3,(H,42,43)(H,44,45). The molecule has 1 aromatic rings. The highest BCUT2D eigenvalue weighted by molar-refractivity contribution is 5.76. The molecule has 17 heteroatoms. The minimum Gasteiger partial charge on any atom is -0.491 e. The summed E-state index contributed by atoms with van der Waals surface area (Å²) in [5.41, 5.74) is 0.857. The van der Waals surface area contributed by atoms with E-state index in [-0.39, 0.29) is 59.1 Å². The van der Waals surface area contributed by atoms with E-state index in [1.807, 2.05) is 41.0 Å². The summed E-state index contributed by atoms with van der Waals surface area (Å²) in [7, 11) is 1.48. The molecule has 0 spiro atoms. The number of benzene rings is 1. The normalized spacial score (nSPS) is 16.8. The molecule has 2 atom stereocenters. The van der Waals surface area contributed by atoms with Crippen molar-refractivity contribution in [2.45, 2.75) is 39.3 Å². The molecule has 0 bridgehead atoms. The van der Waals surface area contributed by atoms with Crippen LogP contribution in [0.4, 0.5) is 0 Å². The lowest BCUT2D eigenvalue weighted by atomic mass is 10.0. The molecule has 1 aromatic carbocycles. The zero-order valence-electron chi connectivity index (χ0n) is 32.5. The highest BCUT2D eigenvalue weighted by Crippen LogP contribution is 2.17. The second-order valence-corrected chi connectivity index (χ2v) is 12.5. The highest BCUT2D eigenvalue weighted by Gasteiger charge is 2.32. The van der Waals surface area contributed by atoms with Crippen LogP contribution in [0.15, 0.2) is 24.3 Å². The van der Waals surface area contributed by atoms with Crippen molar-refractivity contribution >= 4 is 23.9 Å². The molecule has 2 N–H and O–H groups in total. The van der Waals surface area contributed by atoms with Crippen molar-refractivity contribution in [3.8, 4) is 5.75 Å². The zero-order valence-corrected chi connectivity index (χ0v) is 32.5. The summed E-state index contributed by atoms with van der Waals surface area (Å²) >= 11 is 0. The molecule has 2 rings (SSSR count). The third-order valence-electron chi connectivity index (χ3n) is 8.65. The monoisotopic (exact) mass is 770 g/mol. The van der Waals surface area contributed by atoms with Crippen molar-refractivity contribution in [1.82, 2.24) is 19.6 Å². The van der Waals surface area contributed by atoms with Gasteiger partial charge in [0.2, 0.25) is 0 Å². The molecule has 0 amide bonds. The van der Waals surface area contributed by atoms with Crippen LogP contribution in [0.2, 0.25) is 0 Å². The number of esters is 2. The molecule has 1 aliphatic heterocycles. The fraction of sp³-hybridized carbons (Fsp3) is 0.730. The van der Waals surface area contributed by atoms with E-state index in [0.29, 0.717) is 84.6 Å². The maximum absolute atomic E-state index is 13.5. The Bertz CT molecular complexity index is 1180. The van der Waals surface area contributed by atoms with E-state index >= 15 is 0 Å². The Kier molecular flexibility index (Phi) is 24.3. The third-order valence-corrected chi connectivity index (χ3v) is 8.65. The van der Waals surface area contributed by atoms with Crippen molar-refractivity contribution in [1.29, 1.82) is 0 Å². The molecule has 17 nitrogen and oxygen atoms in total. The van der Waals surface area contributed by atoms with E-state index in [1.165, 1.54) is 7.11 Å². The van der Waals surface area contributed by atoms with Crippen LogP contribution in [-0.4, -0.2) is 204 Å². The predicted octanol–water partition coefficient (Wildman–Crippen LogP) is 0.578. The Morgan fingerprint density at radius 2 is 1.06 bits per heavy atom. The molecule has 54 heavy (non-hydrogen) atoms. The first kappa shape index (κ1) is 46.7. The van der Waals surface area contributed by atoms with Crippen molar-refractivity contribution in [2.24, 2.45) is 0 Å². The lowest BCUT2D eigenvalue weighted by Crippen LogP contribution is -2.54. The van der Waals surface area contributed by atoms with Crippen LogP contribution in [0.1, 0.15) is 26.3 Å². The van der Waals surface area contributed by atoms with Gasteiger partial charge in [-0.05, 0) is 44.9 Å². The first-order valence-electron chi connectivity index (χ1n) is 18.7. The number of carboxylic acids is 2. The summed E-state index contributed by atoms with van der Waals surface area (Å²) in [5.74, 6) is -2.27. The minimum absolute atomic E-state index is 0.0547. The largest absolute Gasteiger partial charge is 0.491 e. The minimum atomic E-state index is -1.01. The lowest BCUT2D eigenvalue weighted by molar-refractivity contribution is -0.152. The number of carbonyl (C=O) groups is 4. The van der Waals surface area contributed by atoms with Gasteiger partial charge in [0.15, 0.2) is 0 Å². The summed E-state index contributed by atoms with van der Waals surface area (Å²) in [6.45, 7) is 11.1. The van der Waals surface area contributed by atoms with E-state index in [1.54, 1.807) is 23.6 Å². The van der Waals surface area contributed by atoms with Crippen LogP contribution >= 0.6 is 0 Å². The summed E-state index contributed by atoms with van der Waals surface area (Å²) < 4.78 is 38.2. The topological polar surface area (TPSA) is 186 Å². The first-order chi connectivity index (χ1) is 26.1. The van der Waals surface area contributed by atoms with Gasteiger partial charge in [-0.25, -0.2) is 0 Å². The molecule has 1 aliphatic rings. The van der Waals surface area contributed by atoms with Crippen molar-refractivity contribution < 1.29 is 62.5 Å². The fourth-order valence-electron chi connectivity index (χ4n) is 5.92. The van der Waals surface area contributed by atoms with E-state index in [9.17, 15) is 29.4 Å². The van der Waals surface area contributed by atoms with E-state index < -0.39 is 36.0 Å². The lowest BCUT2D eigenvalue weighted by Gasteiger charge is -2.37. The van der Waals surface area contributed by atoms with Crippen LogP contribution in [-0.2, 0) is 54.0 Å². The number of carbonyl (C=O) groups excluding carboxylic acids is 2. The number of aliphatic carboxylic acids is 2. The molecule has 0 radical (unpaired) electrons. The van der Waals surface area contributed by atoms with Crippen LogP contribution in [0.5, 0.6) is 5.75 Å². The maximum atomic E-state index is 13.5. The van der Waals surface area contributed by atoms with Crippen molar-refractivity contribution in [2.75, 3.05) is 139 Å². The molecule has 0 saturated carbocycles. The fourth-order valence-corrected chi connectivity index (χ4v) is 5.92. The number of rotatable bonds is 25. The second kappa shape index (κ2) is 28.1. The maximum Gasteiger partial charge on any atom is 0.325 e. The Labute approximate surface area is 319 Å². The first-order valence-corrected chi connectivity index (χ1v) is 18.7. The van der Waals surface area contributed by atoms with E-state index in [4.69, 9.17) is 33.2 Å². The Morgan fingerprint density at radius 3 is 1.50 bits per heavy atom. The van der Waals surface area contributed by atoms with E-state index in [2.05, 4.69) is 0 Å². The molecular formula is C37H62N4O13. The average Bonchev–Trinajstić information content (AvgIpc) is 3.13. The van der Waals surface area contributed by atoms with Crippen LogP contribution in [0.3, 0.4) is 0 Å². The van der Waals surface area contributed by atoms with Crippen molar-refractivity contribution in [3.05, 3.63) is 29.8 Å². The van der Waals surface area contributed by atoms with Gasteiger partial charge in [-0.1, -0.05) is 12.1 Å². The number of carboxylic acid groups (broad SMARTS) is 2. The van der Waals surface area contributed by atoms with Gasteiger partial charge in [0.05, 0.1) is 65.9 Å². The molecule has 0 aliphatic carbocycles. The van der Waals surface area contributed by atoms with E-state index in [0.717, 1.165) is 5.56 Å². The van der Waals surface area contributed by atoms with Gasteiger partial charge in [-0.2, -0.15) is 0 Å². The number of ether oxygens (including phenoxy) is 7. The van der Waals surface area contributed by atoms with Gasteiger partial charge in [-0.15, -0.1) is 0 Å². The molecule has 0 aromatic heterocycles. The van der Waals surface area contributed by atoms with Gasteiger partial charge in [0, 0.05) is 66.1 Å². The SMILES string of the molecule is CCOCCOCCOCCOc1ccc(CC(C(=O)OCC)N2CCN(CC(=O)O)CCN(C(COC)C(=O)OCC)CCN(CC(=O)O)CC2)cc1. The summed E-state index contributed by atoms with van der Waals surface area (Å²) in [6.07, 6.45) is 0.301. The quantitative estimate of drug-likeness (QED) is 0.104. The summed E-state index contributed by atoms with van der Waals surface area (Å²) in [5, 5.41) is 19.5. The Hall–Kier alpha value is -3.42. The second-order valence-electron chi connectivity index (χ2n) is 12.5. The van der Waals surface area contributed by atoms with Gasteiger partial charge in [-0.3, -0.25) is 38.8 Å². The predicted molar refractivity (Wildman–Crippen MR) is 198 cm³/mol.